The fraction of sp³-hybridized carbons (Fsp3) is 0.500. The van der Waals surface area contributed by atoms with E-state index in [0.29, 0.717) is 18.5 Å². The number of nitrogens with one attached hydrogen (secondary N) is 1. The third kappa shape index (κ3) is 6.09. The molecule has 0 bridgehead atoms. The zero-order valence-electron chi connectivity index (χ0n) is 16.7. The molecule has 0 saturated heterocycles. The quantitative estimate of drug-likeness (QED) is 0.688. The second-order valence-electron chi connectivity index (χ2n) is 7.31. The number of alkyl halides is 3. The van der Waals surface area contributed by atoms with Gasteiger partial charge in [-0.3, -0.25) is 9.69 Å². The molecule has 1 aromatic carbocycles. The number of carbonyl (C=O) groups excluding carboxylic acids is 1. The van der Waals surface area contributed by atoms with Gasteiger partial charge in [0.25, 0.3) is 5.91 Å². The first-order valence-electron chi connectivity index (χ1n) is 9.27. The monoisotopic (exact) mass is 396 g/mol. The van der Waals surface area contributed by atoms with Crippen molar-refractivity contribution in [3.63, 3.8) is 0 Å². The molecule has 1 amide bonds. The van der Waals surface area contributed by atoms with E-state index < -0.39 is 12.7 Å². The molecule has 154 valence electrons. The molecule has 0 fully saturated rings. The molecule has 2 aromatic rings. The summed E-state index contributed by atoms with van der Waals surface area (Å²) in [6.45, 7) is 5.58. The van der Waals surface area contributed by atoms with Crippen molar-refractivity contribution in [1.29, 1.82) is 0 Å². The first kappa shape index (κ1) is 21.9. The van der Waals surface area contributed by atoms with Gasteiger partial charge in [0.05, 0.1) is 29.7 Å². The minimum atomic E-state index is -4.21. The average Bonchev–Trinajstić information content (AvgIpc) is 3.03. The third-order valence-electron chi connectivity index (χ3n) is 4.33. The van der Waals surface area contributed by atoms with Gasteiger partial charge in [-0.2, -0.15) is 18.3 Å². The van der Waals surface area contributed by atoms with Gasteiger partial charge >= 0.3 is 6.18 Å². The zero-order valence-corrected chi connectivity index (χ0v) is 16.7. The van der Waals surface area contributed by atoms with Gasteiger partial charge in [0, 0.05) is 6.54 Å². The van der Waals surface area contributed by atoms with Crippen molar-refractivity contribution in [3.8, 4) is 5.69 Å². The number of aromatic nitrogens is 2. The lowest BCUT2D eigenvalue weighted by molar-refractivity contribution is -0.143. The van der Waals surface area contributed by atoms with Crippen molar-refractivity contribution >= 4 is 5.91 Å². The van der Waals surface area contributed by atoms with Gasteiger partial charge in [0.1, 0.15) is 0 Å². The van der Waals surface area contributed by atoms with Crippen LogP contribution in [0.5, 0.6) is 0 Å². The summed E-state index contributed by atoms with van der Waals surface area (Å²) in [5.41, 5.74) is 3.30. The van der Waals surface area contributed by atoms with Crippen molar-refractivity contribution in [1.82, 2.24) is 20.0 Å². The highest BCUT2D eigenvalue weighted by Crippen LogP contribution is 2.23. The van der Waals surface area contributed by atoms with Crippen LogP contribution in [-0.2, 0) is 0 Å². The van der Waals surface area contributed by atoms with E-state index in [4.69, 9.17) is 0 Å². The molecule has 2 rings (SSSR count). The van der Waals surface area contributed by atoms with Crippen molar-refractivity contribution in [2.75, 3.05) is 26.7 Å². The fourth-order valence-electron chi connectivity index (χ4n) is 3.01. The number of nitrogens with zero attached hydrogens (tertiary/aromatic N) is 3. The molecule has 0 aliphatic carbocycles. The number of hydrogen-bond donors (Lipinski definition) is 1. The molecular formula is C20H27F3N4O. The lowest BCUT2D eigenvalue weighted by Gasteiger charge is -2.18. The van der Waals surface area contributed by atoms with Gasteiger partial charge in [0.15, 0.2) is 0 Å². The fourth-order valence-corrected chi connectivity index (χ4v) is 3.01. The smallest absolute Gasteiger partial charge is 0.352 e. The Bertz CT molecular complexity index is 782. The normalized spacial score (nSPS) is 12.0. The Kier molecular flexibility index (Phi) is 7.23. The van der Waals surface area contributed by atoms with E-state index in [9.17, 15) is 18.0 Å². The van der Waals surface area contributed by atoms with Crippen LogP contribution in [0.1, 0.15) is 47.8 Å². The van der Waals surface area contributed by atoms with E-state index in [2.05, 4.69) is 10.4 Å². The van der Waals surface area contributed by atoms with E-state index in [1.54, 1.807) is 10.9 Å². The number of halogens is 3. The van der Waals surface area contributed by atoms with Crippen LogP contribution in [-0.4, -0.2) is 53.4 Å². The lowest BCUT2D eigenvalue weighted by Crippen LogP contribution is -2.34. The lowest BCUT2D eigenvalue weighted by atomic mass is 10.0. The van der Waals surface area contributed by atoms with Crippen LogP contribution < -0.4 is 5.32 Å². The first-order valence-corrected chi connectivity index (χ1v) is 9.27. The highest BCUT2D eigenvalue weighted by Gasteiger charge is 2.28. The molecule has 1 N–H and O–H groups in total. The maximum Gasteiger partial charge on any atom is 0.401 e. The molecule has 0 saturated carbocycles. The second kappa shape index (κ2) is 9.23. The minimum absolute atomic E-state index is 0.0717. The Hall–Kier alpha value is -2.35. The van der Waals surface area contributed by atoms with Crippen LogP contribution in [0.3, 0.4) is 0 Å². The molecule has 8 heteroatoms. The van der Waals surface area contributed by atoms with Crippen molar-refractivity contribution in [3.05, 3.63) is 47.3 Å². The molecule has 28 heavy (non-hydrogen) atoms. The molecule has 0 atom stereocenters. The van der Waals surface area contributed by atoms with Crippen LogP contribution in [0.2, 0.25) is 0 Å². The Balaban J connectivity index is 2.01. The summed E-state index contributed by atoms with van der Waals surface area (Å²) in [4.78, 5) is 13.8. The van der Waals surface area contributed by atoms with Gasteiger partial charge in [0.2, 0.25) is 0 Å². The van der Waals surface area contributed by atoms with Gasteiger partial charge in [-0.15, -0.1) is 0 Å². The summed E-state index contributed by atoms with van der Waals surface area (Å²) in [5.74, 6) is -0.192. The van der Waals surface area contributed by atoms with Crippen molar-refractivity contribution in [2.24, 2.45) is 0 Å². The molecule has 0 radical (unpaired) electrons. The van der Waals surface area contributed by atoms with Crippen LogP contribution >= 0.6 is 0 Å². The average molecular weight is 396 g/mol. The van der Waals surface area contributed by atoms with Crippen LogP contribution in [0.15, 0.2) is 30.5 Å². The minimum Gasteiger partial charge on any atom is -0.352 e. The summed E-state index contributed by atoms with van der Waals surface area (Å²) in [6, 6.07) is 7.87. The van der Waals surface area contributed by atoms with E-state index >= 15 is 0 Å². The molecule has 0 aliphatic heterocycles. The third-order valence-corrected chi connectivity index (χ3v) is 4.33. The predicted octanol–water partition coefficient (Wildman–Crippen LogP) is 3.92. The van der Waals surface area contributed by atoms with E-state index in [0.717, 1.165) is 16.9 Å². The first-order chi connectivity index (χ1) is 13.1. The van der Waals surface area contributed by atoms with E-state index in [1.807, 2.05) is 45.0 Å². The summed E-state index contributed by atoms with van der Waals surface area (Å²) < 4.78 is 38.7. The predicted molar refractivity (Wildman–Crippen MR) is 103 cm³/mol. The topological polar surface area (TPSA) is 50.2 Å². The molecule has 0 aliphatic rings. The number of carbonyl (C=O) groups is 1. The number of benzene rings is 1. The highest BCUT2D eigenvalue weighted by molar-refractivity contribution is 5.95. The summed E-state index contributed by atoms with van der Waals surface area (Å²) in [6.07, 6.45) is -2.24. The Morgan fingerprint density at radius 3 is 2.46 bits per heavy atom. The number of hydrogen-bond acceptors (Lipinski definition) is 3. The van der Waals surface area contributed by atoms with E-state index in [-0.39, 0.29) is 18.4 Å². The molecule has 1 aromatic heterocycles. The van der Waals surface area contributed by atoms with Crippen molar-refractivity contribution < 1.29 is 18.0 Å². The Labute approximate surface area is 163 Å². The van der Waals surface area contributed by atoms with Crippen LogP contribution in [0.25, 0.3) is 5.69 Å². The number of rotatable bonds is 8. The maximum absolute atomic E-state index is 12.6. The SMILES string of the molecule is Cc1ccc(-n2ncc(C(=O)NCCCN(C)CC(F)(F)F)c2C(C)C)cc1. The molecule has 5 nitrogen and oxygen atoms in total. The standard InChI is InChI=1S/C20H27F3N4O/c1-14(2)18-17(12-25-27(18)16-8-6-15(3)7-9-16)19(28)24-10-5-11-26(4)13-20(21,22)23/h6-9,12,14H,5,10-11,13H2,1-4H3,(H,24,28). The maximum atomic E-state index is 12.6. The number of amides is 1. The van der Waals surface area contributed by atoms with Gasteiger partial charge in [-0.1, -0.05) is 31.5 Å². The summed E-state index contributed by atoms with van der Waals surface area (Å²) >= 11 is 0. The largest absolute Gasteiger partial charge is 0.401 e. The summed E-state index contributed by atoms with van der Waals surface area (Å²) in [7, 11) is 1.41. The van der Waals surface area contributed by atoms with Crippen molar-refractivity contribution in [2.45, 2.75) is 39.3 Å². The molecule has 0 unspecified atom stereocenters. The molecule has 0 spiro atoms. The molecular weight excluding hydrogens is 369 g/mol. The Morgan fingerprint density at radius 2 is 1.89 bits per heavy atom. The van der Waals surface area contributed by atoms with E-state index in [1.165, 1.54) is 11.9 Å². The van der Waals surface area contributed by atoms with Gasteiger partial charge in [-0.25, -0.2) is 4.68 Å². The highest BCUT2D eigenvalue weighted by atomic mass is 19.4. The number of aryl methyl sites for hydroxylation is 1. The van der Waals surface area contributed by atoms with Crippen LogP contribution in [0.4, 0.5) is 13.2 Å². The Morgan fingerprint density at radius 1 is 1.25 bits per heavy atom. The second-order valence-corrected chi connectivity index (χ2v) is 7.31. The molecule has 1 heterocycles. The van der Waals surface area contributed by atoms with Gasteiger partial charge < -0.3 is 5.32 Å². The van der Waals surface area contributed by atoms with Gasteiger partial charge in [-0.05, 0) is 45.0 Å². The zero-order chi connectivity index (χ0) is 20.9. The van der Waals surface area contributed by atoms with Crippen LogP contribution in [0, 0.1) is 6.92 Å². The summed E-state index contributed by atoms with van der Waals surface area (Å²) in [5, 5.41) is 7.16.